The van der Waals surface area contributed by atoms with E-state index in [0.29, 0.717) is 35.4 Å². The maximum absolute atomic E-state index is 14.4. The summed E-state index contributed by atoms with van der Waals surface area (Å²) in [6.07, 6.45) is -11.1. The standard InChI is InChI=1S/C35H29BrF6N6O4/c36-26-10-6-21(7-11-26)19-33(32(50)47-44-20-22-16-24(34(37,38)39)18-25(17-22)35(40,41)42)30(28-4-1-2-5-29(28)46-48-43)52-31(45-33)23-8-12-27(13-9-23)51-15-3-14-49/h1-2,4-13,16-18,30,44,49H,3,14-15,19-20H2,(H,47,50)/t30-,33-/m0/s1. The summed E-state index contributed by atoms with van der Waals surface area (Å²) in [6.45, 7) is -0.400. The minimum atomic E-state index is -5.06. The van der Waals surface area contributed by atoms with Crippen molar-refractivity contribution in [2.45, 2.75) is 43.4 Å². The fourth-order valence-corrected chi connectivity index (χ4v) is 5.74. The average molecular weight is 792 g/mol. The number of hydrazine groups is 1. The van der Waals surface area contributed by atoms with E-state index in [9.17, 15) is 36.7 Å². The van der Waals surface area contributed by atoms with Crippen molar-refractivity contribution in [1.82, 2.24) is 10.9 Å². The molecule has 1 aliphatic heterocycles. The third-order valence-corrected chi connectivity index (χ3v) is 8.46. The van der Waals surface area contributed by atoms with Crippen LogP contribution in [0, 0.1) is 0 Å². The van der Waals surface area contributed by atoms with Gasteiger partial charge in [-0.3, -0.25) is 10.2 Å². The highest BCUT2D eigenvalue weighted by Crippen LogP contribution is 2.45. The van der Waals surface area contributed by atoms with Gasteiger partial charge in [0.2, 0.25) is 5.90 Å². The third-order valence-electron chi connectivity index (χ3n) is 7.93. The van der Waals surface area contributed by atoms with Gasteiger partial charge in [0, 0.05) is 52.2 Å². The maximum Gasteiger partial charge on any atom is 0.416 e. The molecule has 1 aliphatic rings. The Kier molecular flexibility index (Phi) is 11.8. The van der Waals surface area contributed by atoms with E-state index >= 15 is 0 Å². The molecule has 4 aromatic carbocycles. The lowest BCUT2D eigenvalue weighted by atomic mass is 9.81. The quantitative estimate of drug-likeness (QED) is 0.0311. The summed E-state index contributed by atoms with van der Waals surface area (Å²) >= 11 is 3.38. The van der Waals surface area contributed by atoms with Crippen LogP contribution in [0.1, 0.15) is 45.9 Å². The summed E-state index contributed by atoms with van der Waals surface area (Å²) in [5.41, 5.74) is 10.4. The maximum atomic E-state index is 14.4. The number of nitrogens with one attached hydrogen (secondary N) is 2. The molecule has 0 bridgehead atoms. The summed E-state index contributed by atoms with van der Waals surface area (Å²) in [5.74, 6) is -0.340. The van der Waals surface area contributed by atoms with Crippen LogP contribution in [-0.2, 0) is 34.8 Å². The van der Waals surface area contributed by atoms with Crippen LogP contribution in [-0.4, -0.2) is 35.7 Å². The second kappa shape index (κ2) is 16.1. The number of carbonyl (C=O) groups excluding carboxylic acids is 1. The van der Waals surface area contributed by atoms with Gasteiger partial charge in [-0.15, -0.1) is 0 Å². The Hall–Kier alpha value is -5.09. The van der Waals surface area contributed by atoms with Crippen LogP contribution in [0.15, 0.2) is 106 Å². The topological polar surface area (TPSA) is 141 Å². The number of nitrogens with zero attached hydrogens (tertiary/aromatic N) is 4. The summed E-state index contributed by atoms with van der Waals surface area (Å²) in [6, 6.07) is 21.0. The van der Waals surface area contributed by atoms with E-state index in [0.717, 1.165) is 4.47 Å². The monoisotopic (exact) mass is 790 g/mol. The molecular formula is C35H29BrF6N6O4. The molecule has 0 aliphatic carbocycles. The Morgan fingerprint density at radius 3 is 2.23 bits per heavy atom. The lowest BCUT2D eigenvalue weighted by molar-refractivity contribution is -0.143. The average Bonchev–Trinajstić information content (AvgIpc) is 3.49. The fourth-order valence-electron chi connectivity index (χ4n) is 5.48. The zero-order valence-corrected chi connectivity index (χ0v) is 28.5. The summed E-state index contributed by atoms with van der Waals surface area (Å²) < 4.78 is 93.8. The molecule has 0 saturated heterocycles. The molecule has 52 heavy (non-hydrogen) atoms. The highest BCUT2D eigenvalue weighted by atomic mass is 79.9. The molecule has 0 radical (unpaired) electrons. The van der Waals surface area contributed by atoms with Crippen molar-refractivity contribution in [2.24, 2.45) is 10.1 Å². The summed E-state index contributed by atoms with van der Waals surface area (Å²) in [5, 5.41) is 12.8. The minimum absolute atomic E-state index is 0.0148. The zero-order chi connectivity index (χ0) is 37.5. The number of hydrogen-bond acceptors (Lipinski definition) is 7. The summed E-state index contributed by atoms with van der Waals surface area (Å²) in [7, 11) is 0. The van der Waals surface area contributed by atoms with Gasteiger partial charge in [0.1, 0.15) is 5.75 Å². The van der Waals surface area contributed by atoms with Crippen molar-refractivity contribution >= 4 is 33.4 Å². The number of benzene rings is 4. The highest BCUT2D eigenvalue weighted by molar-refractivity contribution is 9.10. The molecule has 5 rings (SSSR count). The first-order valence-electron chi connectivity index (χ1n) is 15.5. The predicted molar refractivity (Wildman–Crippen MR) is 181 cm³/mol. The van der Waals surface area contributed by atoms with Crippen LogP contribution >= 0.6 is 15.9 Å². The number of alkyl halides is 6. The van der Waals surface area contributed by atoms with Gasteiger partial charge in [-0.05, 0) is 71.3 Å². The van der Waals surface area contributed by atoms with Crippen LogP contribution in [0.3, 0.4) is 0 Å². The van der Waals surface area contributed by atoms with Crippen LogP contribution in [0.4, 0.5) is 32.0 Å². The number of aliphatic imine (C=N–C) groups is 1. The fraction of sp³-hybridized carbons (Fsp3) is 0.257. The van der Waals surface area contributed by atoms with Gasteiger partial charge < -0.3 is 14.6 Å². The van der Waals surface area contributed by atoms with Gasteiger partial charge >= 0.3 is 12.4 Å². The molecule has 0 saturated carbocycles. The van der Waals surface area contributed by atoms with Crippen LogP contribution in [0.2, 0.25) is 0 Å². The van der Waals surface area contributed by atoms with Crippen molar-refractivity contribution in [3.63, 3.8) is 0 Å². The van der Waals surface area contributed by atoms with Crippen molar-refractivity contribution in [1.29, 1.82) is 0 Å². The lowest BCUT2D eigenvalue weighted by Crippen LogP contribution is -2.53. The third kappa shape index (κ3) is 9.03. The molecule has 10 nitrogen and oxygen atoms in total. The van der Waals surface area contributed by atoms with E-state index in [1.807, 2.05) is 0 Å². The number of halogens is 7. The largest absolute Gasteiger partial charge is 0.494 e. The Morgan fingerprint density at radius 1 is 0.962 bits per heavy atom. The minimum Gasteiger partial charge on any atom is -0.494 e. The molecule has 17 heteroatoms. The Balaban J connectivity index is 1.56. The van der Waals surface area contributed by atoms with Crippen LogP contribution in [0.25, 0.3) is 10.4 Å². The Bertz CT molecular complexity index is 1940. The summed E-state index contributed by atoms with van der Waals surface area (Å²) in [4.78, 5) is 22.2. The van der Waals surface area contributed by atoms with E-state index in [1.54, 1.807) is 66.7 Å². The van der Waals surface area contributed by atoms with Gasteiger partial charge in [0.25, 0.3) is 5.91 Å². The number of amides is 1. The van der Waals surface area contributed by atoms with E-state index in [-0.39, 0.29) is 42.8 Å². The van der Waals surface area contributed by atoms with E-state index in [2.05, 4.69) is 36.8 Å². The van der Waals surface area contributed by atoms with Crippen molar-refractivity contribution in [3.8, 4) is 5.75 Å². The zero-order valence-electron chi connectivity index (χ0n) is 26.9. The van der Waals surface area contributed by atoms with E-state index in [4.69, 9.17) is 19.6 Å². The van der Waals surface area contributed by atoms with Crippen molar-refractivity contribution in [3.05, 3.63) is 139 Å². The number of azide groups is 1. The normalized spacial score (nSPS) is 17.2. The molecule has 3 N–H and O–H groups in total. The molecule has 0 aromatic heterocycles. The first kappa shape index (κ1) is 38.1. The van der Waals surface area contributed by atoms with Crippen molar-refractivity contribution in [2.75, 3.05) is 13.2 Å². The predicted octanol–water partition coefficient (Wildman–Crippen LogP) is 8.51. The number of aliphatic hydroxyl groups excluding tert-OH is 1. The highest BCUT2D eigenvalue weighted by Gasteiger charge is 2.54. The lowest BCUT2D eigenvalue weighted by Gasteiger charge is -2.31. The molecule has 0 unspecified atom stereocenters. The number of ether oxygens (including phenoxy) is 2. The molecule has 4 aromatic rings. The van der Waals surface area contributed by atoms with Gasteiger partial charge in [-0.2, -0.15) is 26.3 Å². The second-order valence-electron chi connectivity index (χ2n) is 11.6. The van der Waals surface area contributed by atoms with Crippen LogP contribution in [0.5, 0.6) is 5.75 Å². The molecule has 2 atom stereocenters. The number of carbonyl (C=O) groups is 1. The molecule has 1 amide bonds. The first-order chi connectivity index (χ1) is 24.7. The van der Waals surface area contributed by atoms with Gasteiger partial charge in [0.05, 0.1) is 17.7 Å². The van der Waals surface area contributed by atoms with E-state index in [1.165, 1.54) is 6.07 Å². The second-order valence-corrected chi connectivity index (χ2v) is 12.5. The molecule has 0 fully saturated rings. The molecule has 272 valence electrons. The number of rotatable bonds is 13. The van der Waals surface area contributed by atoms with E-state index < -0.39 is 53.1 Å². The molecule has 1 heterocycles. The molecule has 0 spiro atoms. The molecular weight excluding hydrogens is 762 g/mol. The smallest absolute Gasteiger partial charge is 0.416 e. The SMILES string of the molecule is [N-]=[N+]=Nc1ccccc1[C@@H]1OC(c2ccc(OCCCO)cc2)=N[C@]1(Cc1ccc(Br)cc1)C(=O)NNCc1cc(C(F)(F)F)cc(C(F)(F)F)c1. The van der Waals surface area contributed by atoms with Gasteiger partial charge in [-0.25, -0.2) is 10.4 Å². The van der Waals surface area contributed by atoms with Gasteiger partial charge in [0.15, 0.2) is 11.6 Å². The van der Waals surface area contributed by atoms with Crippen molar-refractivity contribution < 1.29 is 45.7 Å². The Labute approximate surface area is 301 Å². The van der Waals surface area contributed by atoms with Gasteiger partial charge in [-0.1, -0.05) is 57.4 Å². The Morgan fingerprint density at radius 2 is 1.62 bits per heavy atom. The van der Waals surface area contributed by atoms with Crippen LogP contribution < -0.4 is 15.6 Å². The number of hydrogen-bond donors (Lipinski definition) is 3. The number of aliphatic hydroxyl groups is 1. The first-order valence-corrected chi connectivity index (χ1v) is 16.3.